The predicted molar refractivity (Wildman–Crippen MR) is 98.0 cm³/mol. The molecule has 3 N–H and O–H groups in total. The van der Waals surface area contributed by atoms with E-state index in [1.54, 1.807) is 34.5 Å². The Labute approximate surface area is 147 Å². The maximum absolute atomic E-state index is 5.95. The van der Waals surface area contributed by atoms with Gasteiger partial charge >= 0.3 is 0 Å². The van der Waals surface area contributed by atoms with E-state index in [2.05, 4.69) is 10.3 Å². The highest BCUT2D eigenvalue weighted by atomic mass is 16.5. The van der Waals surface area contributed by atoms with E-state index in [0.717, 1.165) is 17.0 Å². The van der Waals surface area contributed by atoms with Crippen molar-refractivity contribution < 1.29 is 18.9 Å². The summed E-state index contributed by atoms with van der Waals surface area (Å²) in [6.07, 6.45) is 0. The zero-order chi connectivity index (χ0) is 18.2. The van der Waals surface area contributed by atoms with Gasteiger partial charge in [-0.25, -0.2) is 4.99 Å². The lowest BCUT2D eigenvalue weighted by Gasteiger charge is -2.15. The average Bonchev–Trinajstić information content (AvgIpc) is 2.65. The molecule has 0 saturated heterocycles. The minimum Gasteiger partial charge on any atom is -0.497 e. The molecule has 7 heteroatoms. The van der Waals surface area contributed by atoms with Gasteiger partial charge in [0.25, 0.3) is 0 Å². The number of hydrogen-bond acceptors (Lipinski definition) is 5. The van der Waals surface area contributed by atoms with Crippen molar-refractivity contribution in [2.24, 2.45) is 10.7 Å². The molecule has 7 nitrogen and oxygen atoms in total. The zero-order valence-corrected chi connectivity index (χ0v) is 14.8. The molecule has 0 heterocycles. The molecule has 0 fully saturated rings. The summed E-state index contributed by atoms with van der Waals surface area (Å²) in [6, 6.07) is 11.1. The Morgan fingerprint density at radius 1 is 0.880 bits per heavy atom. The van der Waals surface area contributed by atoms with Crippen LogP contribution in [0.15, 0.2) is 41.4 Å². The number of aliphatic imine (C=N–C) groups is 1. The van der Waals surface area contributed by atoms with E-state index in [0.29, 0.717) is 29.8 Å². The van der Waals surface area contributed by atoms with Crippen LogP contribution in [0.4, 0.5) is 5.69 Å². The Morgan fingerprint density at radius 2 is 1.56 bits per heavy atom. The first-order valence-corrected chi connectivity index (χ1v) is 7.61. The second-order valence-electron chi connectivity index (χ2n) is 5.05. The first-order valence-electron chi connectivity index (χ1n) is 7.61. The van der Waals surface area contributed by atoms with Crippen molar-refractivity contribution >= 4 is 11.6 Å². The number of ether oxygens (including phenoxy) is 4. The van der Waals surface area contributed by atoms with Crippen molar-refractivity contribution in [3.05, 3.63) is 42.0 Å². The Hall–Kier alpha value is -3.09. The van der Waals surface area contributed by atoms with Crippen LogP contribution in [0.2, 0.25) is 0 Å². The molecule has 0 unspecified atom stereocenters. The van der Waals surface area contributed by atoms with Crippen LogP contribution in [0.1, 0.15) is 5.56 Å². The Balaban J connectivity index is 2.14. The Kier molecular flexibility index (Phi) is 6.33. The van der Waals surface area contributed by atoms with Crippen molar-refractivity contribution in [1.29, 1.82) is 0 Å². The van der Waals surface area contributed by atoms with E-state index in [9.17, 15) is 0 Å². The molecule has 0 aliphatic carbocycles. The SMILES string of the molecule is COc1ccc(NC(N)=NCc2ccc(OC)c(OC)c2OC)cc1. The molecule has 134 valence electrons. The maximum atomic E-state index is 5.95. The van der Waals surface area contributed by atoms with Gasteiger partial charge in [0.15, 0.2) is 17.5 Å². The van der Waals surface area contributed by atoms with Crippen LogP contribution in [0.5, 0.6) is 23.0 Å². The number of nitrogens with two attached hydrogens (primary N) is 1. The number of rotatable bonds is 7. The van der Waals surface area contributed by atoms with Crippen molar-refractivity contribution in [2.45, 2.75) is 6.54 Å². The topological polar surface area (TPSA) is 87.3 Å². The third-order valence-corrected chi connectivity index (χ3v) is 3.57. The van der Waals surface area contributed by atoms with E-state index < -0.39 is 0 Å². The van der Waals surface area contributed by atoms with E-state index in [4.69, 9.17) is 24.7 Å². The number of hydrogen-bond donors (Lipinski definition) is 2. The van der Waals surface area contributed by atoms with Crippen LogP contribution in [-0.4, -0.2) is 34.4 Å². The number of nitrogens with zero attached hydrogens (tertiary/aromatic N) is 1. The summed E-state index contributed by atoms with van der Waals surface area (Å²) in [4.78, 5) is 4.35. The van der Waals surface area contributed by atoms with E-state index in [-0.39, 0.29) is 0 Å². The molecule has 0 bridgehead atoms. The van der Waals surface area contributed by atoms with Crippen LogP contribution in [-0.2, 0) is 6.54 Å². The lowest BCUT2D eigenvalue weighted by Crippen LogP contribution is -2.22. The number of guanidine groups is 1. The zero-order valence-electron chi connectivity index (χ0n) is 14.8. The lowest BCUT2D eigenvalue weighted by molar-refractivity contribution is 0.322. The normalized spacial score (nSPS) is 11.0. The first kappa shape index (κ1) is 18.3. The summed E-state index contributed by atoms with van der Waals surface area (Å²) in [6.45, 7) is 0.332. The number of methoxy groups -OCH3 is 4. The van der Waals surface area contributed by atoms with Gasteiger partial charge in [0.2, 0.25) is 5.75 Å². The molecule has 0 saturated carbocycles. The molecule has 2 rings (SSSR count). The highest BCUT2D eigenvalue weighted by molar-refractivity contribution is 5.92. The van der Waals surface area contributed by atoms with Gasteiger partial charge in [0.1, 0.15) is 5.75 Å². The smallest absolute Gasteiger partial charge is 0.203 e. The van der Waals surface area contributed by atoms with Crippen LogP contribution >= 0.6 is 0 Å². The standard InChI is InChI=1S/C18H23N3O4/c1-22-14-8-6-13(7-9-14)21-18(19)20-11-12-5-10-15(23-2)17(25-4)16(12)24-3/h5-10H,11H2,1-4H3,(H3,19,20,21). The van der Waals surface area contributed by atoms with Crippen molar-refractivity contribution in [1.82, 2.24) is 0 Å². The number of benzene rings is 2. The second kappa shape index (κ2) is 8.68. The summed E-state index contributed by atoms with van der Waals surface area (Å²) < 4.78 is 21.2. The van der Waals surface area contributed by atoms with Crippen LogP contribution in [0.25, 0.3) is 0 Å². The molecule has 0 aromatic heterocycles. The second-order valence-corrected chi connectivity index (χ2v) is 5.05. The Bertz CT molecular complexity index is 730. The minimum absolute atomic E-state index is 0.294. The molecule has 25 heavy (non-hydrogen) atoms. The first-order chi connectivity index (χ1) is 12.1. The molecule has 0 atom stereocenters. The average molecular weight is 345 g/mol. The van der Waals surface area contributed by atoms with E-state index in [1.807, 2.05) is 30.3 Å². The molecular formula is C18H23N3O4. The fraction of sp³-hybridized carbons (Fsp3) is 0.278. The van der Waals surface area contributed by atoms with Gasteiger partial charge in [-0.3, -0.25) is 0 Å². The fourth-order valence-corrected chi connectivity index (χ4v) is 2.32. The Morgan fingerprint density at radius 3 is 2.12 bits per heavy atom. The van der Waals surface area contributed by atoms with Crippen molar-refractivity contribution in [2.75, 3.05) is 33.8 Å². The molecule has 2 aromatic carbocycles. The quantitative estimate of drug-likeness (QED) is 0.592. The monoisotopic (exact) mass is 345 g/mol. The summed E-state index contributed by atoms with van der Waals surface area (Å²) in [5, 5.41) is 3.03. The highest BCUT2D eigenvalue weighted by Gasteiger charge is 2.15. The molecule has 0 radical (unpaired) electrons. The fourth-order valence-electron chi connectivity index (χ4n) is 2.32. The van der Waals surface area contributed by atoms with Gasteiger partial charge in [-0.1, -0.05) is 0 Å². The molecule has 0 aliphatic rings. The van der Waals surface area contributed by atoms with Gasteiger partial charge in [-0.2, -0.15) is 0 Å². The number of nitrogens with one attached hydrogen (secondary N) is 1. The van der Waals surface area contributed by atoms with Crippen LogP contribution in [0, 0.1) is 0 Å². The van der Waals surface area contributed by atoms with Crippen LogP contribution in [0.3, 0.4) is 0 Å². The largest absolute Gasteiger partial charge is 0.497 e. The third-order valence-electron chi connectivity index (χ3n) is 3.57. The summed E-state index contributed by atoms with van der Waals surface area (Å²) >= 11 is 0. The summed E-state index contributed by atoms with van der Waals surface area (Å²) in [5.41, 5.74) is 7.61. The molecular weight excluding hydrogens is 322 g/mol. The predicted octanol–water partition coefficient (Wildman–Crippen LogP) is 2.65. The van der Waals surface area contributed by atoms with Gasteiger partial charge in [-0.15, -0.1) is 0 Å². The van der Waals surface area contributed by atoms with Gasteiger partial charge in [0, 0.05) is 11.3 Å². The van der Waals surface area contributed by atoms with Crippen molar-refractivity contribution in [3.8, 4) is 23.0 Å². The van der Waals surface area contributed by atoms with Gasteiger partial charge in [0.05, 0.1) is 35.0 Å². The molecule has 2 aromatic rings. The van der Waals surface area contributed by atoms with E-state index in [1.165, 1.54) is 0 Å². The highest BCUT2D eigenvalue weighted by Crippen LogP contribution is 2.39. The minimum atomic E-state index is 0.294. The molecule has 0 spiro atoms. The summed E-state index contributed by atoms with van der Waals surface area (Å²) in [5.74, 6) is 2.76. The third kappa shape index (κ3) is 4.47. The van der Waals surface area contributed by atoms with Gasteiger partial charge < -0.3 is 30.0 Å². The van der Waals surface area contributed by atoms with Crippen molar-refractivity contribution in [3.63, 3.8) is 0 Å². The van der Waals surface area contributed by atoms with Crippen LogP contribution < -0.4 is 30.0 Å². The molecule has 0 amide bonds. The van der Waals surface area contributed by atoms with Gasteiger partial charge in [-0.05, 0) is 36.4 Å². The molecule has 0 aliphatic heterocycles. The lowest BCUT2D eigenvalue weighted by atomic mass is 10.1. The van der Waals surface area contributed by atoms with E-state index >= 15 is 0 Å². The maximum Gasteiger partial charge on any atom is 0.203 e. The summed E-state index contributed by atoms with van der Waals surface area (Å²) in [7, 11) is 6.33. The number of anilines is 1.